The number of para-hydroxylation sites is 1. The van der Waals surface area contributed by atoms with Crippen molar-refractivity contribution in [2.45, 2.75) is 25.9 Å². The summed E-state index contributed by atoms with van der Waals surface area (Å²) in [5.41, 5.74) is 1.64. The van der Waals surface area contributed by atoms with Crippen LogP contribution in [0.25, 0.3) is 10.9 Å². The van der Waals surface area contributed by atoms with Crippen molar-refractivity contribution in [3.63, 3.8) is 0 Å². The van der Waals surface area contributed by atoms with E-state index < -0.39 is 0 Å². The van der Waals surface area contributed by atoms with Crippen molar-refractivity contribution in [2.75, 3.05) is 0 Å². The Morgan fingerprint density at radius 3 is 3.06 bits per heavy atom. The summed E-state index contributed by atoms with van der Waals surface area (Å²) in [5, 5.41) is 1.01. The second-order valence-electron chi connectivity index (χ2n) is 4.16. The number of nitrogens with one attached hydrogen (secondary N) is 1. The van der Waals surface area contributed by atoms with E-state index in [0.29, 0.717) is 0 Å². The molecule has 82 valence electrons. The molecule has 1 atom stereocenters. The molecule has 1 aliphatic rings. The van der Waals surface area contributed by atoms with E-state index in [1.807, 2.05) is 24.3 Å². The minimum absolute atomic E-state index is 0.00958. The molecule has 0 bridgehead atoms. The Bertz CT molecular complexity index is 600. The van der Waals surface area contributed by atoms with Crippen LogP contribution in [0.4, 0.5) is 0 Å². The topological polar surface area (TPSA) is 42.1 Å². The number of aromatic nitrogens is 1. The molecule has 0 amide bonds. The fourth-order valence-electron chi connectivity index (χ4n) is 2.24. The Morgan fingerprint density at radius 1 is 1.44 bits per heavy atom. The summed E-state index contributed by atoms with van der Waals surface area (Å²) in [6, 6.07) is 7.77. The monoisotopic (exact) mass is 215 g/mol. The van der Waals surface area contributed by atoms with E-state index in [-0.39, 0.29) is 11.7 Å². The number of fused-ring (bicyclic) bond motifs is 3. The number of benzene rings is 1. The first-order chi connectivity index (χ1) is 7.79. The van der Waals surface area contributed by atoms with E-state index in [1.54, 1.807) is 0 Å². The van der Waals surface area contributed by atoms with Crippen LogP contribution in [-0.2, 0) is 6.42 Å². The molecule has 16 heavy (non-hydrogen) atoms. The predicted octanol–water partition coefficient (Wildman–Crippen LogP) is 2.24. The normalized spacial score (nSPS) is 18.4. The molecule has 0 spiro atoms. The van der Waals surface area contributed by atoms with E-state index in [9.17, 15) is 4.79 Å². The number of hydrogen-bond acceptors (Lipinski definition) is 2. The van der Waals surface area contributed by atoms with Crippen molar-refractivity contribution in [2.24, 2.45) is 0 Å². The molecule has 1 aromatic heterocycles. The average Bonchev–Trinajstić information content (AvgIpc) is 2.74. The Hall–Kier alpha value is -1.77. The van der Waals surface area contributed by atoms with Gasteiger partial charge in [0.15, 0.2) is 0 Å². The fraction of sp³-hybridized carbons (Fsp3) is 0.308. The first-order valence-electron chi connectivity index (χ1n) is 5.60. The number of pyridine rings is 1. The maximum absolute atomic E-state index is 11.9. The van der Waals surface area contributed by atoms with Crippen LogP contribution in [0.1, 0.15) is 18.9 Å². The maximum Gasteiger partial charge on any atom is 0.255 e. The molecule has 2 heterocycles. The molecule has 3 heteroatoms. The van der Waals surface area contributed by atoms with Crippen LogP contribution in [-0.4, -0.2) is 11.1 Å². The van der Waals surface area contributed by atoms with E-state index in [4.69, 9.17) is 4.74 Å². The first-order valence-corrected chi connectivity index (χ1v) is 5.60. The summed E-state index contributed by atoms with van der Waals surface area (Å²) < 4.78 is 5.83. The zero-order valence-corrected chi connectivity index (χ0v) is 9.12. The van der Waals surface area contributed by atoms with Gasteiger partial charge in [-0.2, -0.15) is 0 Å². The van der Waals surface area contributed by atoms with Gasteiger partial charge in [-0.3, -0.25) is 4.79 Å². The van der Waals surface area contributed by atoms with Crippen molar-refractivity contribution < 1.29 is 4.74 Å². The zero-order chi connectivity index (χ0) is 11.1. The van der Waals surface area contributed by atoms with Gasteiger partial charge in [0, 0.05) is 11.8 Å². The molecule has 3 rings (SSSR count). The Morgan fingerprint density at radius 2 is 2.25 bits per heavy atom. The highest BCUT2D eigenvalue weighted by molar-refractivity contribution is 5.86. The Kier molecular flexibility index (Phi) is 1.99. The summed E-state index contributed by atoms with van der Waals surface area (Å²) >= 11 is 0. The lowest BCUT2D eigenvalue weighted by Crippen LogP contribution is -2.13. The molecule has 0 aliphatic carbocycles. The van der Waals surface area contributed by atoms with Crippen LogP contribution in [0.15, 0.2) is 29.1 Å². The van der Waals surface area contributed by atoms with Crippen LogP contribution >= 0.6 is 0 Å². The van der Waals surface area contributed by atoms with Crippen LogP contribution in [0, 0.1) is 0 Å². The third-order valence-electron chi connectivity index (χ3n) is 3.14. The molecule has 0 radical (unpaired) electrons. The summed E-state index contributed by atoms with van der Waals surface area (Å²) in [6.45, 7) is 2.08. The quantitative estimate of drug-likeness (QED) is 0.792. The van der Waals surface area contributed by atoms with Gasteiger partial charge < -0.3 is 9.72 Å². The van der Waals surface area contributed by atoms with Gasteiger partial charge in [-0.25, -0.2) is 0 Å². The lowest BCUT2D eigenvalue weighted by molar-refractivity contribution is 0.230. The van der Waals surface area contributed by atoms with Crippen LogP contribution in [0.3, 0.4) is 0 Å². The third-order valence-corrected chi connectivity index (χ3v) is 3.14. The van der Waals surface area contributed by atoms with Crippen LogP contribution < -0.4 is 10.3 Å². The SMILES string of the molecule is CCC1Cc2c(c3ccccc3[nH]c2=O)O1. The van der Waals surface area contributed by atoms with E-state index >= 15 is 0 Å². The zero-order valence-electron chi connectivity index (χ0n) is 9.12. The lowest BCUT2D eigenvalue weighted by Gasteiger charge is -2.07. The molecule has 0 saturated heterocycles. The molecule has 1 aromatic carbocycles. The van der Waals surface area contributed by atoms with Gasteiger partial charge in [-0.15, -0.1) is 0 Å². The smallest absolute Gasteiger partial charge is 0.255 e. The minimum atomic E-state index is -0.00958. The molecule has 1 N–H and O–H groups in total. The second kappa shape index (κ2) is 3.37. The minimum Gasteiger partial charge on any atom is -0.489 e. The summed E-state index contributed by atoms with van der Waals surface area (Å²) in [4.78, 5) is 14.8. The second-order valence-corrected chi connectivity index (χ2v) is 4.16. The van der Waals surface area contributed by atoms with E-state index in [0.717, 1.165) is 35.1 Å². The van der Waals surface area contributed by atoms with Crippen molar-refractivity contribution in [3.05, 3.63) is 40.2 Å². The third kappa shape index (κ3) is 1.24. The van der Waals surface area contributed by atoms with E-state index in [2.05, 4.69) is 11.9 Å². The molecule has 3 nitrogen and oxygen atoms in total. The van der Waals surface area contributed by atoms with Gasteiger partial charge in [0.1, 0.15) is 11.9 Å². The number of H-pyrrole nitrogens is 1. The highest BCUT2D eigenvalue weighted by atomic mass is 16.5. The highest BCUT2D eigenvalue weighted by Gasteiger charge is 2.26. The number of rotatable bonds is 1. The van der Waals surface area contributed by atoms with Crippen LogP contribution in [0.2, 0.25) is 0 Å². The molecule has 0 saturated carbocycles. The Balaban J connectivity index is 2.31. The maximum atomic E-state index is 11.9. The fourth-order valence-corrected chi connectivity index (χ4v) is 2.24. The molecular formula is C13H13NO2. The molecule has 1 aliphatic heterocycles. The summed E-state index contributed by atoms with van der Waals surface area (Å²) in [6.07, 6.45) is 1.82. The standard InChI is InChI=1S/C13H13NO2/c1-2-8-7-10-12(16-8)9-5-3-4-6-11(9)14-13(10)15/h3-6,8H,2,7H2,1H3,(H,14,15). The van der Waals surface area contributed by atoms with Gasteiger partial charge in [0.2, 0.25) is 0 Å². The molecule has 1 unspecified atom stereocenters. The summed E-state index contributed by atoms with van der Waals surface area (Å²) in [7, 11) is 0. The van der Waals surface area contributed by atoms with Gasteiger partial charge in [0.05, 0.1) is 11.1 Å². The van der Waals surface area contributed by atoms with Gasteiger partial charge in [-0.1, -0.05) is 19.1 Å². The molecule has 0 fully saturated rings. The molecule has 2 aromatic rings. The first kappa shape index (κ1) is 9.46. The van der Waals surface area contributed by atoms with Crippen molar-refractivity contribution in [1.82, 2.24) is 4.98 Å². The predicted molar refractivity (Wildman–Crippen MR) is 63.0 cm³/mol. The number of hydrogen-bond donors (Lipinski definition) is 1. The van der Waals surface area contributed by atoms with E-state index in [1.165, 1.54) is 0 Å². The largest absolute Gasteiger partial charge is 0.489 e. The lowest BCUT2D eigenvalue weighted by atomic mass is 10.1. The van der Waals surface area contributed by atoms with Crippen LogP contribution in [0.5, 0.6) is 5.75 Å². The van der Waals surface area contributed by atoms with Crippen molar-refractivity contribution >= 4 is 10.9 Å². The number of ether oxygens (including phenoxy) is 1. The van der Waals surface area contributed by atoms with Gasteiger partial charge >= 0.3 is 0 Å². The highest BCUT2D eigenvalue weighted by Crippen LogP contribution is 2.33. The van der Waals surface area contributed by atoms with Crippen molar-refractivity contribution in [1.29, 1.82) is 0 Å². The summed E-state index contributed by atoms with van der Waals surface area (Å²) in [5.74, 6) is 0.784. The Labute approximate surface area is 93.1 Å². The average molecular weight is 215 g/mol. The number of aromatic amines is 1. The van der Waals surface area contributed by atoms with Crippen molar-refractivity contribution in [3.8, 4) is 5.75 Å². The van der Waals surface area contributed by atoms with Gasteiger partial charge in [-0.05, 0) is 18.6 Å². The van der Waals surface area contributed by atoms with Gasteiger partial charge in [0.25, 0.3) is 5.56 Å². The molecular weight excluding hydrogens is 202 g/mol.